The predicted octanol–water partition coefficient (Wildman–Crippen LogP) is 1.98. The van der Waals surface area contributed by atoms with E-state index in [-0.39, 0.29) is 12.4 Å². The Kier molecular flexibility index (Phi) is 5.61. The molecule has 0 aromatic carbocycles. The Labute approximate surface area is 72.7 Å². The van der Waals surface area contributed by atoms with E-state index in [4.69, 9.17) is 4.42 Å². The van der Waals surface area contributed by atoms with Crippen LogP contribution in [0.1, 0.15) is 5.76 Å². The molecule has 1 rings (SSSR count). The van der Waals surface area contributed by atoms with Gasteiger partial charge < -0.3 is 9.73 Å². The highest BCUT2D eigenvalue weighted by atomic mass is 35.5. The maximum absolute atomic E-state index is 5.08. The van der Waals surface area contributed by atoms with Crippen LogP contribution in [-0.2, 0) is 6.54 Å². The highest BCUT2D eigenvalue weighted by Gasteiger charge is 1.90. The molecule has 0 aliphatic rings. The van der Waals surface area contributed by atoms with E-state index >= 15 is 0 Å². The summed E-state index contributed by atoms with van der Waals surface area (Å²) in [6, 6.07) is 3.82. The first-order chi connectivity index (χ1) is 4.93. The van der Waals surface area contributed by atoms with Crippen molar-refractivity contribution in [3.8, 4) is 0 Å². The first kappa shape index (κ1) is 10.3. The molecule has 62 valence electrons. The largest absolute Gasteiger partial charge is 0.468 e. The second-order valence-corrected chi connectivity index (χ2v) is 2.00. The minimum absolute atomic E-state index is 0. The van der Waals surface area contributed by atoms with Crippen molar-refractivity contribution < 1.29 is 4.42 Å². The van der Waals surface area contributed by atoms with Crippen molar-refractivity contribution in [3.63, 3.8) is 0 Å². The van der Waals surface area contributed by atoms with Crippen molar-refractivity contribution in [3.05, 3.63) is 36.8 Å². The monoisotopic (exact) mass is 173 g/mol. The molecular weight excluding hydrogens is 162 g/mol. The molecule has 0 aliphatic heterocycles. The average molecular weight is 174 g/mol. The fourth-order valence-corrected chi connectivity index (χ4v) is 0.711. The lowest BCUT2D eigenvalue weighted by molar-refractivity contribution is 0.490. The van der Waals surface area contributed by atoms with Gasteiger partial charge in [0.2, 0.25) is 0 Å². The molecule has 0 atom stereocenters. The van der Waals surface area contributed by atoms with Gasteiger partial charge >= 0.3 is 0 Å². The number of hydrogen-bond acceptors (Lipinski definition) is 2. The molecule has 2 nitrogen and oxygen atoms in total. The number of furan rings is 1. The molecule has 0 fully saturated rings. The van der Waals surface area contributed by atoms with Crippen molar-refractivity contribution in [2.24, 2.45) is 0 Å². The maximum Gasteiger partial charge on any atom is 0.117 e. The van der Waals surface area contributed by atoms with Gasteiger partial charge in [0, 0.05) is 6.54 Å². The molecule has 0 saturated heterocycles. The topological polar surface area (TPSA) is 25.2 Å². The van der Waals surface area contributed by atoms with E-state index in [9.17, 15) is 0 Å². The van der Waals surface area contributed by atoms with Crippen molar-refractivity contribution in [2.75, 3.05) is 6.54 Å². The molecule has 1 aromatic rings. The minimum Gasteiger partial charge on any atom is -0.468 e. The highest BCUT2D eigenvalue weighted by Crippen LogP contribution is 1.97. The standard InChI is InChI=1S/C8H11NO.ClH/c1-2-5-9-7-8-4-3-6-10-8;/h2-4,6,9H,1,5,7H2;1H. The fourth-order valence-electron chi connectivity index (χ4n) is 0.711. The van der Waals surface area contributed by atoms with Crippen LogP contribution in [0.5, 0.6) is 0 Å². The number of hydrogen-bond donors (Lipinski definition) is 1. The summed E-state index contributed by atoms with van der Waals surface area (Å²) in [6.45, 7) is 5.18. The molecule has 1 aromatic heterocycles. The second kappa shape index (κ2) is 6.01. The lowest BCUT2D eigenvalue weighted by Crippen LogP contribution is -2.11. The van der Waals surface area contributed by atoms with E-state index in [1.807, 2.05) is 18.2 Å². The third kappa shape index (κ3) is 3.86. The van der Waals surface area contributed by atoms with Crippen LogP contribution in [0, 0.1) is 0 Å². The molecule has 11 heavy (non-hydrogen) atoms. The molecule has 0 aliphatic carbocycles. The van der Waals surface area contributed by atoms with Gasteiger partial charge in [-0.05, 0) is 12.1 Å². The number of rotatable bonds is 4. The lowest BCUT2D eigenvalue weighted by atomic mass is 10.4. The molecular formula is C8H12ClNO. The minimum atomic E-state index is 0. The first-order valence-corrected chi connectivity index (χ1v) is 3.27. The normalized spacial score (nSPS) is 8.73. The summed E-state index contributed by atoms with van der Waals surface area (Å²) < 4.78 is 5.08. The summed E-state index contributed by atoms with van der Waals surface area (Å²) in [6.07, 6.45) is 3.49. The van der Waals surface area contributed by atoms with Crippen molar-refractivity contribution in [1.29, 1.82) is 0 Å². The fraction of sp³-hybridized carbons (Fsp3) is 0.250. The lowest BCUT2D eigenvalue weighted by Gasteiger charge is -1.95. The van der Waals surface area contributed by atoms with E-state index in [0.717, 1.165) is 18.8 Å². The van der Waals surface area contributed by atoms with E-state index in [2.05, 4.69) is 11.9 Å². The van der Waals surface area contributed by atoms with Crippen LogP contribution in [0.3, 0.4) is 0 Å². The smallest absolute Gasteiger partial charge is 0.117 e. The van der Waals surface area contributed by atoms with Crippen molar-refractivity contribution in [1.82, 2.24) is 5.32 Å². The Morgan fingerprint density at radius 1 is 1.64 bits per heavy atom. The van der Waals surface area contributed by atoms with Crippen LogP contribution in [0.25, 0.3) is 0 Å². The Hall–Kier alpha value is -0.730. The van der Waals surface area contributed by atoms with Gasteiger partial charge in [0.1, 0.15) is 5.76 Å². The van der Waals surface area contributed by atoms with E-state index in [0.29, 0.717) is 0 Å². The molecule has 1 N–H and O–H groups in total. The van der Waals surface area contributed by atoms with Gasteiger partial charge in [-0.3, -0.25) is 0 Å². The zero-order chi connectivity index (χ0) is 7.23. The van der Waals surface area contributed by atoms with Crippen LogP contribution in [0.15, 0.2) is 35.5 Å². The second-order valence-electron chi connectivity index (χ2n) is 2.00. The number of halogens is 1. The predicted molar refractivity (Wildman–Crippen MR) is 47.9 cm³/mol. The van der Waals surface area contributed by atoms with Crippen LogP contribution in [-0.4, -0.2) is 6.54 Å². The summed E-state index contributed by atoms with van der Waals surface area (Å²) in [5.74, 6) is 0.960. The molecule has 0 bridgehead atoms. The summed E-state index contributed by atoms with van der Waals surface area (Å²) in [5, 5.41) is 3.13. The van der Waals surface area contributed by atoms with Gasteiger partial charge in [0.25, 0.3) is 0 Å². The van der Waals surface area contributed by atoms with Gasteiger partial charge in [-0.1, -0.05) is 6.08 Å². The van der Waals surface area contributed by atoms with Crippen molar-refractivity contribution in [2.45, 2.75) is 6.54 Å². The molecule has 1 heterocycles. The summed E-state index contributed by atoms with van der Waals surface area (Å²) >= 11 is 0. The Balaban J connectivity index is 0.000001000. The van der Waals surface area contributed by atoms with E-state index in [1.165, 1.54) is 0 Å². The summed E-state index contributed by atoms with van der Waals surface area (Å²) in [7, 11) is 0. The van der Waals surface area contributed by atoms with Gasteiger partial charge in [-0.25, -0.2) is 0 Å². The summed E-state index contributed by atoms with van der Waals surface area (Å²) in [4.78, 5) is 0. The highest BCUT2D eigenvalue weighted by molar-refractivity contribution is 5.85. The first-order valence-electron chi connectivity index (χ1n) is 3.27. The molecule has 0 spiro atoms. The van der Waals surface area contributed by atoms with Crippen LogP contribution in [0.4, 0.5) is 0 Å². The molecule has 0 unspecified atom stereocenters. The zero-order valence-corrected chi connectivity index (χ0v) is 7.06. The zero-order valence-electron chi connectivity index (χ0n) is 6.25. The van der Waals surface area contributed by atoms with Crippen LogP contribution >= 0.6 is 12.4 Å². The van der Waals surface area contributed by atoms with Gasteiger partial charge in [0.15, 0.2) is 0 Å². The van der Waals surface area contributed by atoms with Crippen LogP contribution < -0.4 is 5.32 Å². The molecule has 0 amide bonds. The Morgan fingerprint density at radius 2 is 2.45 bits per heavy atom. The SMILES string of the molecule is C=CCNCc1ccco1.Cl. The molecule has 0 saturated carbocycles. The number of nitrogens with one attached hydrogen (secondary N) is 1. The van der Waals surface area contributed by atoms with Crippen LogP contribution in [0.2, 0.25) is 0 Å². The molecule has 0 radical (unpaired) electrons. The third-order valence-electron chi connectivity index (χ3n) is 1.17. The maximum atomic E-state index is 5.08. The van der Waals surface area contributed by atoms with E-state index < -0.39 is 0 Å². The quantitative estimate of drug-likeness (QED) is 0.557. The summed E-state index contributed by atoms with van der Waals surface area (Å²) in [5.41, 5.74) is 0. The van der Waals surface area contributed by atoms with Gasteiger partial charge in [0.05, 0.1) is 12.8 Å². The Morgan fingerprint density at radius 3 is 3.00 bits per heavy atom. The molecule has 3 heteroatoms. The van der Waals surface area contributed by atoms with Gasteiger partial charge in [-0.15, -0.1) is 19.0 Å². The van der Waals surface area contributed by atoms with E-state index in [1.54, 1.807) is 6.26 Å². The average Bonchev–Trinajstić information content (AvgIpc) is 2.41. The van der Waals surface area contributed by atoms with Gasteiger partial charge in [-0.2, -0.15) is 0 Å². The Bertz CT molecular complexity index is 184. The van der Waals surface area contributed by atoms with Crippen molar-refractivity contribution >= 4 is 12.4 Å². The third-order valence-corrected chi connectivity index (χ3v) is 1.17.